The molecule has 6 heteroatoms. The maximum absolute atomic E-state index is 16.2. The van der Waals surface area contributed by atoms with Crippen molar-refractivity contribution >= 4 is 63.2 Å². The van der Waals surface area contributed by atoms with Gasteiger partial charge >= 0.3 is 0 Å². The van der Waals surface area contributed by atoms with Crippen LogP contribution >= 0.6 is 14.3 Å². The molecule has 0 saturated heterocycles. The van der Waals surface area contributed by atoms with E-state index in [-0.39, 0.29) is 0 Å². The normalized spacial score (nSPS) is 13.6. The average molecular weight is 824 g/mol. The molecule has 61 heavy (non-hydrogen) atoms. The smallest absolute Gasteiger partial charge is 0.171 e. The van der Waals surface area contributed by atoms with Gasteiger partial charge in [0.05, 0.1) is 16.8 Å². The lowest BCUT2D eigenvalue weighted by Crippen LogP contribution is -2.41. The van der Waals surface area contributed by atoms with Gasteiger partial charge in [0.2, 0.25) is 0 Å². The summed E-state index contributed by atoms with van der Waals surface area (Å²) in [6, 6.07) is 79.0. The van der Waals surface area contributed by atoms with Crippen molar-refractivity contribution in [2.45, 2.75) is 5.41 Å². The predicted molar refractivity (Wildman–Crippen MR) is 252 cm³/mol. The minimum absolute atomic E-state index is 0.670. The molecule has 2 aliphatic heterocycles. The molecule has 0 fully saturated rings. The van der Waals surface area contributed by atoms with Crippen LogP contribution in [0.2, 0.25) is 0 Å². The van der Waals surface area contributed by atoms with Crippen LogP contribution in [0.15, 0.2) is 237 Å². The molecule has 1 spiro atoms. The maximum atomic E-state index is 16.2. The molecular formula is C55H39NO3P2. The molecule has 0 atom stereocenters. The Hall–Kier alpha value is -6.96. The van der Waals surface area contributed by atoms with Crippen LogP contribution in [0.3, 0.4) is 0 Å². The quantitative estimate of drug-likeness (QED) is 0.150. The Labute approximate surface area is 356 Å². The zero-order valence-corrected chi connectivity index (χ0v) is 34.9. The predicted octanol–water partition coefficient (Wildman–Crippen LogP) is 11.2. The third-order valence-electron chi connectivity index (χ3n) is 12.3. The van der Waals surface area contributed by atoms with Crippen LogP contribution in [0.1, 0.15) is 22.3 Å². The minimum atomic E-state index is -3.43. The molecule has 0 saturated carbocycles. The summed E-state index contributed by atoms with van der Waals surface area (Å²) in [5.41, 5.74) is 5.82. The van der Waals surface area contributed by atoms with Crippen molar-refractivity contribution < 1.29 is 13.9 Å². The van der Waals surface area contributed by atoms with E-state index in [1.165, 1.54) is 0 Å². The summed E-state index contributed by atoms with van der Waals surface area (Å²) in [7, 11) is -6.86. The van der Waals surface area contributed by atoms with E-state index in [2.05, 4.69) is 89.8 Å². The van der Waals surface area contributed by atoms with Crippen molar-refractivity contribution in [1.29, 1.82) is 0 Å². The van der Waals surface area contributed by atoms with E-state index in [1.807, 2.05) is 152 Å². The number of ether oxygens (including phenoxy) is 1. The molecule has 292 valence electrons. The van der Waals surface area contributed by atoms with Crippen LogP contribution in [0.5, 0.6) is 11.5 Å². The number of hydrogen-bond acceptors (Lipinski definition) is 4. The fourth-order valence-corrected chi connectivity index (χ4v) is 14.9. The van der Waals surface area contributed by atoms with Crippen molar-refractivity contribution in [2.24, 2.45) is 0 Å². The average Bonchev–Trinajstić information content (AvgIpc) is 3.34. The number of rotatable bonds is 7. The Morgan fingerprint density at radius 3 is 1.03 bits per heavy atom. The van der Waals surface area contributed by atoms with E-state index in [0.29, 0.717) is 22.1 Å². The van der Waals surface area contributed by atoms with E-state index in [4.69, 9.17) is 4.74 Å². The first kappa shape index (κ1) is 37.1. The van der Waals surface area contributed by atoms with E-state index in [0.717, 1.165) is 60.5 Å². The van der Waals surface area contributed by atoms with Gasteiger partial charge < -0.3 is 18.8 Å². The number of hydrogen-bond donors (Lipinski definition) is 0. The molecule has 9 aromatic rings. The highest BCUT2D eigenvalue weighted by atomic mass is 31.2. The van der Waals surface area contributed by atoms with E-state index >= 15 is 9.13 Å². The van der Waals surface area contributed by atoms with Gasteiger partial charge in [0.1, 0.15) is 11.5 Å². The van der Waals surface area contributed by atoms with Crippen molar-refractivity contribution in [3.63, 3.8) is 0 Å². The van der Waals surface area contributed by atoms with Crippen LogP contribution < -0.4 is 41.5 Å². The van der Waals surface area contributed by atoms with Gasteiger partial charge in [0, 0.05) is 48.6 Å². The Bertz CT molecular complexity index is 2890. The van der Waals surface area contributed by atoms with Gasteiger partial charge in [-0.1, -0.05) is 176 Å². The summed E-state index contributed by atoms with van der Waals surface area (Å²) in [6.45, 7) is 0. The SMILES string of the molecule is O=P(c1ccccc1)(c1ccccc1)c1ccc2c(c1)C1(c3cc(P(=O)(c4ccccc4)c4ccccc4)ccc3O2)c2ccccc2N(c2ccccc2)c2ccccc21. The number of nitrogens with zero attached hydrogens (tertiary/aromatic N) is 1. The van der Waals surface area contributed by atoms with E-state index in [1.54, 1.807) is 0 Å². The summed E-state index contributed by atoms with van der Waals surface area (Å²) in [4.78, 5) is 2.33. The third-order valence-corrected chi connectivity index (χ3v) is 18.4. The topological polar surface area (TPSA) is 46.6 Å². The molecule has 2 heterocycles. The zero-order valence-electron chi connectivity index (χ0n) is 33.1. The summed E-state index contributed by atoms with van der Waals surface area (Å²) < 4.78 is 39.3. The lowest BCUT2D eigenvalue weighted by Gasteiger charge is -2.49. The van der Waals surface area contributed by atoms with Crippen LogP contribution in [0.4, 0.5) is 17.1 Å². The van der Waals surface area contributed by atoms with Gasteiger partial charge in [0.15, 0.2) is 14.3 Å². The zero-order chi connectivity index (χ0) is 41.0. The van der Waals surface area contributed by atoms with Crippen LogP contribution in [0, 0.1) is 0 Å². The van der Waals surface area contributed by atoms with Crippen molar-refractivity contribution in [3.05, 3.63) is 259 Å². The fraction of sp³-hybridized carbons (Fsp3) is 0.0182. The third kappa shape index (κ3) is 5.60. The Morgan fingerprint density at radius 2 is 0.656 bits per heavy atom. The van der Waals surface area contributed by atoms with Crippen molar-refractivity contribution in [3.8, 4) is 11.5 Å². The fourth-order valence-electron chi connectivity index (χ4n) is 9.58. The number of benzene rings is 9. The standard InChI is InChI=1S/C55H39NO3P2/c57-60(41-22-8-2-9-23-41,42-24-10-3-11-25-42)45-34-36-53-49(38-45)55(47-30-16-18-32-51(47)56(40-20-6-1-7-21-40)52-33-19-17-31-48(52)55)50-39-46(35-37-54(50)59-53)61(58,43-26-12-4-13-27-43)44-28-14-5-15-29-44/h1-39H. The molecular weight excluding hydrogens is 785 g/mol. The number of anilines is 3. The second kappa shape index (κ2) is 14.6. The van der Waals surface area contributed by atoms with Gasteiger partial charge in [-0.25, -0.2) is 0 Å². The summed E-state index contributed by atoms with van der Waals surface area (Å²) >= 11 is 0. The van der Waals surface area contributed by atoms with Crippen LogP contribution in [-0.2, 0) is 14.5 Å². The molecule has 0 aliphatic carbocycles. The molecule has 2 aliphatic rings. The molecule has 4 nitrogen and oxygen atoms in total. The minimum Gasteiger partial charge on any atom is -0.457 e. The maximum Gasteiger partial charge on any atom is 0.171 e. The first-order valence-electron chi connectivity index (χ1n) is 20.5. The summed E-state index contributed by atoms with van der Waals surface area (Å²) in [6.07, 6.45) is 0. The van der Waals surface area contributed by atoms with Gasteiger partial charge in [-0.2, -0.15) is 0 Å². The Kier molecular flexibility index (Phi) is 8.90. The lowest BCUT2D eigenvalue weighted by molar-refractivity contribution is 0.434. The second-order valence-electron chi connectivity index (χ2n) is 15.5. The van der Waals surface area contributed by atoms with Gasteiger partial charge in [-0.15, -0.1) is 0 Å². The van der Waals surface area contributed by atoms with Crippen LogP contribution in [0.25, 0.3) is 0 Å². The Balaban J connectivity index is 1.27. The van der Waals surface area contributed by atoms with Gasteiger partial charge in [-0.05, 0) is 71.8 Å². The molecule has 0 N–H and O–H groups in total. The summed E-state index contributed by atoms with van der Waals surface area (Å²) in [5.74, 6) is 1.34. The highest BCUT2D eigenvalue weighted by Gasteiger charge is 2.52. The van der Waals surface area contributed by atoms with Gasteiger partial charge in [0.25, 0.3) is 0 Å². The molecule has 9 aromatic carbocycles. The molecule has 0 bridgehead atoms. The lowest BCUT2D eigenvalue weighted by atomic mass is 9.61. The summed E-state index contributed by atoms with van der Waals surface area (Å²) in [5, 5.41) is 4.40. The first-order chi connectivity index (χ1) is 30.0. The number of fused-ring (bicyclic) bond motifs is 8. The molecule has 0 aromatic heterocycles. The Morgan fingerprint density at radius 1 is 0.328 bits per heavy atom. The molecule has 11 rings (SSSR count). The highest BCUT2D eigenvalue weighted by Crippen LogP contribution is 2.63. The second-order valence-corrected chi connectivity index (χ2v) is 21.0. The monoisotopic (exact) mass is 823 g/mol. The van der Waals surface area contributed by atoms with E-state index in [9.17, 15) is 0 Å². The number of para-hydroxylation sites is 3. The first-order valence-corrected chi connectivity index (χ1v) is 23.9. The largest absolute Gasteiger partial charge is 0.457 e. The molecule has 0 radical (unpaired) electrons. The van der Waals surface area contributed by atoms with Crippen molar-refractivity contribution in [1.82, 2.24) is 0 Å². The molecule has 0 unspecified atom stereocenters. The van der Waals surface area contributed by atoms with Crippen LogP contribution in [-0.4, -0.2) is 0 Å². The molecule has 0 amide bonds. The van der Waals surface area contributed by atoms with E-state index < -0.39 is 19.7 Å². The van der Waals surface area contributed by atoms with Crippen molar-refractivity contribution in [2.75, 3.05) is 4.90 Å². The highest BCUT2D eigenvalue weighted by molar-refractivity contribution is 7.85. The van der Waals surface area contributed by atoms with Gasteiger partial charge in [-0.3, -0.25) is 0 Å².